The summed E-state index contributed by atoms with van der Waals surface area (Å²) in [6, 6.07) is 15.6. The molecule has 0 saturated heterocycles. The molecule has 0 amide bonds. The van der Waals surface area contributed by atoms with Crippen LogP contribution in [0.3, 0.4) is 0 Å². The lowest BCUT2D eigenvalue weighted by molar-refractivity contribution is 0.310. The Kier molecular flexibility index (Phi) is 8.83. The summed E-state index contributed by atoms with van der Waals surface area (Å²) in [5, 5.41) is 6.62. The maximum atomic E-state index is 5.72. The van der Waals surface area contributed by atoms with Gasteiger partial charge in [0.2, 0.25) is 0 Å². The fraction of sp³-hybridized carbons (Fsp3) is 0.381. The van der Waals surface area contributed by atoms with Crippen LogP contribution < -0.4 is 24.8 Å². The zero-order valence-corrected chi connectivity index (χ0v) is 16.3. The van der Waals surface area contributed by atoms with Crippen LogP contribution in [0.2, 0.25) is 0 Å². The van der Waals surface area contributed by atoms with E-state index in [1.165, 1.54) is 5.56 Å². The van der Waals surface area contributed by atoms with Crippen LogP contribution in [-0.4, -0.2) is 46.9 Å². The fourth-order valence-corrected chi connectivity index (χ4v) is 2.59. The molecule has 2 N–H and O–H groups in total. The molecule has 0 heterocycles. The van der Waals surface area contributed by atoms with Crippen molar-refractivity contribution in [1.82, 2.24) is 10.6 Å². The molecule has 146 valence electrons. The van der Waals surface area contributed by atoms with Gasteiger partial charge in [0.1, 0.15) is 17.2 Å². The zero-order valence-electron chi connectivity index (χ0n) is 16.3. The Bertz CT molecular complexity index is 702. The summed E-state index contributed by atoms with van der Waals surface area (Å²) in [5.74, 6) is 3.37. The smallest absolute Gasteiger partial charge is 0.190 e. The molecule has 6 heteroatoms. The van der Waals surface area contributed by atoms with Crippen LogP contribution in [0.4, 0.5) is 0 Å². The van der Waals surface area contributed by atoms with E-state index in [2.05, 4.69) is 21.7 Å². The first-order valence-corrected chi connectivity index (χ1v) is 9.10. The highest BCUT2D eigenvalue weighted by atomic mass is 16.5. The third-order valence-electron chi connectivity index (χ3n) is 4.04. The Morgan fingerprint density at radius 3 is 2.30 bits per heavy atom. The molecule has 0 saturated carbocycles. The van der Waals surface area contributed by atoms with Gasteiger partial charge in [-0.2, -0.15) is 0 Å². The third-order valence-corrected chi connectivity index (χ3v) is 4.04. The number of guanidine groups is 1. The molecular weight excluding hydrogens is 342 g/mol. The predicted octanol–water partition coefficient (Wildman–Crippen LogP) is 2.88. The van der Waals surface area contributed by atoms with Crippen LogP contribution in [0.5, 0.6) is 17.2 Å². The van der Waals surface area contributed by atoms with E-state index in [-0.39, 0.29) is 0 Å². The number of hydrogen-bond donors (Lipinski definition) is 2. The van der Waals surface area contributed by atoms with Crippen molar-refractivity contribution < 1.29 is 14.2 Å². The third kappa shape index (κ3) is 7.09. The van der Waals surface area contributed by atoms with Crippen LogP contribution >= 0.6 is 0 Å². The lowest BCUT2D eigenvalue weighted by Gasteiger charge is -2.13. The average molecular weight is 371 g/mol. The fourth-order valence-electron chi connectivity index (χ4n) is 2.59. The van der Waals surface area contributed by atoms with Gasteiger partial charge in [-0.25, -0.2) is 0 Å². The number of nitrogens with one attached hydrogen (secondary N) is 2. The SMILES string of the molecule is CN=C(NCCCOc1ccc(OC)cc1)NCCc1ccccc1OC. The molecule has 0 radical (unpaired) electrons. The van der Waals surface area contributed by atoms with Gasteiger partial charge in [0.05, 0.1) is 20.8 Å². The predicted molar refractivity (Wildman–Crippen MR) is 109 cm³/mol. The molecule has 0 aliphatic carbocycles. The normalized spacial score (nSPS) is 11.0. The van der Waals surface area contributed by atoms with Gasteiger partial charge in [-0.05, 0) is 48.7 Å². The Balaban J connectivity index is 1.62. The van der Waals surface area contributed by atoms with Gasteiger partial charge in [-0.3, -0.25) is 4.99 Å². The largest absolute Gasteiger partial charge is 0.497 e. The van der Waals surface area contributed by atoms with Crippen molar-refractivity contribution in [3.8, 4) is 17.2 Å². The van der Waals surface area contributed by atoms with E-state index in [1.54, 1.807) is 21.3 Å². The Labute approximate surface area is 161 Å². The molecule has 0 bridgehead atoms. The molecule has 2 aromatic carbocycles. The number of rotatable bonds is 10. The molecule has 0 atom stereocenters. The molecule has 0 fully saturated rings. The first-order valence-electron chi connectivity index (χ1n) is 9.10. The van der Waals surface area contributed by atoms with Crippen LogP contribution in [0.1, 0.15) is 12.0 Å². The lowest BCUT2D eigenvalue weighted by Crippen LogP contribution is -2.39. The number of aliphatic imine (C=N–C) groups is 1. The molecule has 27 heavy (non-hydrogen) atoms. The number of para-hydroxylation sites is 1. The Morgan fingerprint density at radius 2 is 1.59 bits per heavy atom. The van der Waals surface area contributed by atoms with Crippen molar-refractivity contribution in [3.63, 3.8) is 0 Å². The quantitative estimate of drug-likeness (QED) is 0.382. The van der Waals surface area contributed by atoms with Crippen molar-refractivity contribution in [2.24, 2.45) is 4.99 Å². The summed E-state index contributed by atoms with van der Waals surface area (Å²) in [6.07, 6.45) is 1.74. The highest BCUT2D eigenvalue weighted by Gasteiger charge is 2.02. The molecule has 2 rings (SSSR count). The average Bonchev–Trinajstić information content (AvgIpc) is 2.73. The van der Waals surface area contributed by atoms with E-state index in [0.29, 0.717) is 6.61 Å². The van der Waals surface area contributed by atoms with Crippen molar-refractivity contribution in [2.45, 2.75) is 12.8 Å². The highest BCUT2D eigenvalue weighted by Crippen LogP contribution is 2.17. The number of benzene rings is 2. The summed E-state index contributed by atoms with van der Waals surface area (Å²) in [7, 11) is 5.12. The van der Waals surface area contributed by atoms with Crippen LogP contribution in [-0.2, 0) is 6.42 Å². The molecule has 6 nitrogen and oxygen atoms in total. The van der Waals surface area contributed by atoms with Crippen molar-refractivity contribution in [3.05, 3.63) is 54.1 Å². The van der Waals surface area contributed by atoms with Gasteiger partial charge in [0.25, 0.3) is 0 Å². The minimum absolute atomic E-state index is 0.636. The number of nitrogens with zero attached hydrogens (tertiary/aromatic N) is 1. The first kappa shape index (κ1) is 20.4. The summed E-state index contributed by atoms with van der Waals surface area (Å²) in [4.78, 5) is 4.25. The molecule has 0 aliphatic rings. The van der Waals surface area contributed by atoms with E-state index in [9.17, 15) is 0 Å². The number of methoxy groups -OCH3 is 2. The summed E-state index contributed by atoms with van der Waals surface area (Å²) < 4.78 is 16.2. The van der Waals surface area contributed by atoms with Crippen LogP contribution in [0.25, 0.3) is 0 Å². The second-order valence-electron chi connectivity index (χ2n) is 5.87. The van der Waals surface area contributed by atoms with E-state index in [0.717, 1.165) is 49.1 Å². The van der Waals surface area contributed by atoms with Gasteiger partial charge >= 0.3 is 0 Å². The van der Waals surface area contributed by atoms with Gasteiger partial charge in [-0.15, -0.1) is 0 Å². The van der Waals surface area contributed by atoms with Crippen molar-refractivity contribution in [1.29, 1.82) is 0 Å². The minimum atomic E-state index is 0.636. The second-order valence-corrected chi connectivity index (χ2v) is 5.87. The Hall–Kier alpha value is -2.89. The summed E-state index contributed by atoms with van der Waals surface area (Å²) >= 11 is 0. The van der Waals surface area contributed by atoms with Gasteiger partial charge in [0, 0.05) is 20.1 Å². The molecule has 0 aromatic heterocycles. The van der Waals surface area contributed by atoms with Crippen molar-refractivity contribution >= 4 is 5.96 Å². The maximum Gasteiger partial charge on any atom is 0.190 e. The number of ether oxygens (including phenoxy) is 3. The van der Waals surface area contributed by atoms with E-state index in [4.69, 9.17) is 14.2 Å². The second kappa shape index (κ2) is 11.7. The van der Waals surface area contributed by atoms with E-state index < -0.39 is 0 Å². The summed E-state index contributed by atoms with van der Waals surface area (Å²) in [6.45, 7) is 2.20. The monoisotopic (exact) mass is 371 g/mol. The molecule has 0 spiro atoms. The van der Waals surface area contributed by atoms with Crippen LogP contribution in [0, 0.1) is 0 Å². The van der Waals surface area contributed by atoms with E-state index >= 15 is 0 Å². The maximum absolute atomic E-state index is 5.72. The summed E-state index contributed by atoms with van der Waals surface area (Å²) in [5.41, 5.74) is 1.18. The van der Waals surface area contributed by atoms with Crippen molar-refractivity contribution in [2.75, 3.05) is 41.0 Å². The van der Waals surface area contributed by atoms with Gasteiger partial charge in [0.15, 0.2) is 5.96 Å². The molecule has 2 aromatic rings. The molecular formula is C21H29N3O3. The topological polar surface area (TPSA) is 64.1 Å². The zero-order chi connectivity index (χ0) is 19.3. The Morgan fingerprint density at radius 1 is 0.889 bits per heavy atom. The van der Waals surface area contributed by atoms with Gasteiger partial charge in [-0.1, -0.05) is 18.2 Å². The minimum Gasteiger partial charge on any atom is -0.497 e. The molecule has 0 aliphatic heterocycles. The lowest BCUT2D eigenvalue weighted by atomic mass is 10.1. The molecule has 0 unspecified atom stereocenters. The van der Waals surface area contributed by atoms with Gasteiger partial charge < -0.3 is 24.8 Å². The number of hydrogen-bond acceptors (Lipinski definition) is 4. The standard InChI is InChI=1S/C21H29N3O3/c1-22-21(24-15-13-17-7-4-5-8-20(17)26-3)23-14-6-16-27-19-11-9-18(25-2)10-12-19/h4-5,7-12H,6,13-16H2,1-3H3,(H2,22,23,24). The van der Waals surface area contributed by atoms with Crippen LogP contribution in [0.15, 0.2) is 53.5 Å². The van der Waals surface area contributed by atoms with E-state index in [1.807, 2.05) is 42.5 Å². The highest BCUT2D eigenvalue weighted by molar-refractivity contribution is 5.79. The first-order chi connectivity index (χ1) is 13.3.